The maximum absolute atomic E-state index is 13.5. The summed E-state index contributed by atoms with van der Waals surface area (Å²) < 4.78 is 192. The molecule has 0 spiro atoms. The van der Waals surface area contributed by atoms with Crippen molar-refractivity contribution in [1.82, 2.24) is 0 Å². The summed E-state index contributed by atoms with van der Waals surface area (Å²) in [7, 11) is 0. The van der Waals surface area contributed by atoms with Gasteiger partial charge in [-0.25, -0.2) is 18.4 Å². The Kier molecular flexibility index (Phi) is 30.7. The summed E-state index contributed by atoms with van der Waals surface area (Å²) in [6, 6.07) is 6.27. The monoisotopic (exact) mass is 1530 g/mol. The number of carbonyl (C=O) groups excluding carboxylic acids is 2. The predicted molar refractivity (Wildman–Crippen MR) is 296 cm³/mol. The van der Waals surface area contributed by atoms with Crippen molar-refractivity contribution in [2.45, 2.75) is 151 Å². The third-order valence-corrected chi connectivity index (χ3v) is 19.4. The molecule has 4 aliphatic rings. The van der Waals surface area contributed by atoms with E-state index in [2.05, 4.69) is 96.0 Å². The van der Waals surface area contributed by atoms with Crippen LogP contribution in [0.1, 0.15) is 138 Å². The Morgan fingerprint density at radius 2 is 0.975 bits per heavy atom. The van der Waals surface area contributed by atoms with E-state index in [4.69, 9.17) is 44.3 Å². The van der Waals surface area contributed by atoms with Gasteiger partial charge < -0.3 is 18.9 Å². The lowest BCUT2D eigenvalue weighted by molar-refractivity contribution is -0.223. The van der Waals surface area contributed by atoms with Gasteiger partial charge >= 0.3 is 41.8 Å². The highest BCUT2D eigenvalue weighted by molar-refractivity contribution is 9.15. The lowest BCUT2D eigenvalue weighted by Gasteiger charge is -2.54. The van der Waals surface area contributed by atoms with Gasteiger partial charge in [-0.3, -0.25) is 0 Å². The summed E-state index contributed by atoms with van der Waals surface area (Å²) in [5.74, 6) is -17.3. The Morgan fingerprint density at radius 3 is 1.39 bits per heavy atom. The quantitative estimate of drug-likeness (QED) is 0.0416. The number of carbonyl (C=O) groups is 2. The van der Waals surface area contributed by atoms with E-state index in [-0.39, 0.29) is 30.4 Å². The third-order valence-electron chi connectivity index (χ3n) is 12.6. The van der Waals surface area contributed by atoms with Gasteiger partial charge in [-0.15, -0.1) is 0 Å². The maximum Gasteiger partial charge on any atom is 0.416 e. The summed E-state index contributed by atoms with van der Waals surface area (Å²) in [6.45, 7) is 7.34. The van der Waals surface area contributed by atoms with Crippen LogP contribution in [-0.4, -0.2) is 72.0 Å². The fourth-order valence-electron chi connectivity index (χ4n) is 8.35. The van der Waals surface area contributed by atoms with Gasteiger partial charge in [-0.2, -0.15) is 48.3 Å². The van der Waals surface area contributed by atoms with E-state index in [1.807, 2.05) is 13.8 Å². The van der Waals surface area contributed by atoms with Crippen LogP contribution in [0.25, 0.3) is 0 Å². The summed E-state index contributed by atoms with van der Waals surface area (Å²) in [5, 5.41) is 0. The molecule has 0 atom stereocenters. The molecule has 6 nitrogen and oxygen atoms in total. The van der Waals surface area contributed by atoms with Crippen molar-refractivity contribution in [3.05, 3.63) is 93.2 Å². The highest BCUT2D eigenvalue weighted by Crippen LogP contribution is 2.55. The zero-order valence-electron chi connectivity index (χ0n) is 43.1. The SMILES string of the molecule is CCC(Cl)(Cl)Cl.CCC(F)(F)C(F)(F)CCOC(=O)c1ccc(C(F)(F)F)cc1.CCC(F)(F)C(F)(F)CCOC1C2CC3CC(C2)CC1C3.CCCOC(=O)c1cccc(F)c1F.CCCOc1c(Br)c(Br)c(Br)c(Br)c1Br. The fourth-order valence-corrected chi connectivity index (χ4v) is 11.6. The number of ether oxygens (including phenoxy) is 4. The second-order valence-electron chi connectivity index (χ2n) is 18.5. The molecule has 7 rings (SSSR count). The molecule has 0 amide bonds. The molecule has 4 aliphatic carbocycles. The minimum absolute atomic E-state index is 0.0313. The number of hydrogen-bond acceptors (Lipinski definition) is 6. The zero-order valence-corrected chi connectivity index (χ0v) is 53.3. The van der Waals surface area contributed by atoms with Gasteiger partial charge in [0.25, 0.3) is 0 Å². The Morgan fingerprint density at radius 1 is 0.544 bits per heavy atom. The number of hydrogen-bond donors (Lipinski definition) is 0. The Hall–Kier alpha value is -1.28. The average molecular weight is 1530 g/mol. The van der Waals surface area contributed by atoms with Crippen LogP contribution in [0.15, 0.2) is 64.8 Å². The summed E-state index contributed by atoms with van der Waals surface area (Å²) in [5.41, 5.74) is -1.66. The number of halogens is 21. The van der Waals surface area contributed by atoms with Crippen LogP contribution in [0, 0.1) is 35.3 Å². The van der Waals surface area contributed by atoms with Gasteiger partial charge in [0.2, 0.25) is 0 Å². The minimum Gasteiger partial charge on any atom is -0.491 e. The average Bonchev–Trinajstić information content (AvgIpc) is 3.38. The van der Waals surface area contributed by atoms with Crippen LogP contribution in [-0.2, 0) is 20.4 Å². The number of rotatable bonds is 18. The van der Waals surface area contributed by atoms with E-state index in [1.54, 1.807) is 0 Å². The van der Waals surface area contributed by atoms with E-state index in [0.717, 1.165) is 104 Å². The predicted octanol–water partition coefficient (Wildman–Crippen LogP) is 21.4. The number of alkyl halides is 14. The van der Waals surface area contributed by atoms with Gasteiger partial charge in [0.05, 0.1) is 73.5 Å². The molecular formula is C52H59Br5Cl3F13O6. The fraction of sp³-hybridized carbons (Fsp3) is 0.615. The molecule has 0 aromatic heterocycles. The molecular weight excluding hydrogens is 1470 g/mol. The normalized spacial score (nSPS) is 18.8. The largest absolute Gasteiger partial charge is 0.491 e. The molecule has 4 saturated carbocycles. The van der Waals surface area contributed by atoms with Crippen molar-refractivity contribution in [3.63, 3.8) is 0 Å². The molecule has 0 radical (unpaired) electrons. The highest BCUT2D eigenvalue weighted by atomic mass is 79.9. The van der Waals surface area contributed by atoms with Crippen molar-refractivity contribution in [2.24, 2.45) is 23.7 Å². The molecule has 0 unspecified atom stereocenters. The van der Waals surface area contributed by atoms with Crippen LogP contribution in [0.2, 0.25) is 0 Å². The van der Waals surface area contributed by atoms with Gasteiger partial charge in [0.1, 0.15) is 5.75 Å². The van der Waals surface area contributed by atoms with Crippen molar-refractivity contribution in [1.29, 1.82) is 0 Å². The van der Waals surface area contributed by atoms with Crippen LogP contribution >= 0.6 is 114 Å². The van der Waals surface area contributed by atoms with E-state index in [0.29, 0.717) is 43.4 Å². The van der Waals surface area contributed by atoms with Gasteiger partial charge in [0.15, 0.2) is 15.4 Å². The zero-order chi connectivity index (χ0) is 60.5. The Bertz CT molecular complexity index is 2350. The van der Waals surface area contributed by atoms with Crippen molar-refractivity contribution < 1.29 is 85.6 Å². The molecule has 4 fully saturated rings. The van der Waals surface area contributed by atoms with Crippen molar-refractivity contribution in [2.75, 3.05) is 26.4 Å². The molecule has 3 aromatic carbocycles. The molecule has 4 bridgehead atoms. The molecule has 450 valence electrons. The Labute approximate surface area is 508 Å². The minimum atomic E-state index is -4.59. The maximum atomic E-state index is 13.5. The smallest absolute Gasteiger partial charge is 0.416 e. The van der Waals surface area contributed by atoms with Gasteiger partial charge in [0, 0.05) is 23.7 Å². The first-order chi connectivity index (χ1) is 36.5. The molecule has 0 aliphatic heterocycles. The van der Waals surface area contributed by atoms with Gasteiger partial charge in [-0.05, 0) is 191 Å². The summed E-state index contributed by atoms with van der Waals surface area (Å²) in [6.07, 6.45) is -0.677. The first-order valence-electron chi connectivity index (χ1n) is 24.7. The third kappa shape index (κ3) is 22.6. The van der Waals surface area contributed by atoms with Crippen molar-refractivity contribution >= 4 is 126 Å². The highest BCUT2D eigenvalue weighted by Gasteiger charge is 2.55. The topological polar surface area (TPSA) is 71.1 Å². The summed E-state index contributed by atoms with van der Waals surface area (Å²) >= 11 is 33.2. The van der Waals surface area contributed by atoms with E-state index in [9.17, 15) is 66.7 Å². The van der Waals surface area contributed by atoms with Crippen LogP contribution in [0.3, 0.4) is 0 Å². The van der Waals surface area contributed by atoms with Crippen LogP contribution < -0.4 is 4.74 Å². The Balaban J connectivity index is 0.000000353. The molecule has 0 N–H and O–H groups in total. The van der Waals surface area contributed by atoms with E-state index in [1.165, 1.54) is 18.6 Å². The number of esters is 2. The van der Waals surface area contributed by atoms with Crippen molar-refractivity contribution in [3.8, 4) is 5.75 Å². The van der Waals surface area contributed by atoms with E-state index >= 15 is 0 Å². The molecule has 3 aromatic rings. The molecule has 27 heteroatoms. The second kappa shape index (κ2) is 32.8. The summed E-state index contributed by atoms with van der Waals surface area (Å²) in [4.78, 5) is 22.6. The first kappa shape index (κ1) is 73.8. The van der Waals surface area contributed by atoms with Gasteiger partial charge in [-0.1, -0.05) is 75.5 Å². The second-order valence-corrected chi connectivity index (χ2v) is 24.9. The van der Waals surface area contributed by atoms with Crippen LogP contribution in [0.4, 0.5) is 57.1 Å². The molecule has 79 heavy (non-hydrogen) atoms. The lowest BCUT2D eigenvalue weighted by Crippen LogP contribution is -2.50. The standard InChI is InChI=1S/C16H24F4O.C14H13F7O2.C10H10F2O2.C9H7Br5O.C3H5Cl3/c1-2-15(17,18)16(19,20)3-4-21-14-12-6-10-5-11(8-12)9-13(14)7-10;1-2-12(15,16)13(17,18)7-8-23-11(22)9-3-5-10(6-4-9)14(19,20)21;1-2-6-14-10(13)7-4-3-5-8(11)9(7)12;1-2-3-15-9-7(13)5(11)4(10)6(12)8(9)14;1-2-3(4,5)6/h10-14H,2-9H2,1H3;3-6H,2,7-8H2,1H3;3-5H,2,6H2,1H3;2-3H2,1H3;2H2,1H3. The number of benzene rings is 3. The molecule has 0 heterocycles. The first-order valence-corrected chi connectivity index (χ1v) is 29.8. The lowest BCUT2D eigenvalue weighted by atomic mass is 9.55. The molecule has 0 saturated heterocycles. The van der Waals surface area contributed by atoms with E-state index < -0.39 is 95.1 Å². The van der Waals surface area contributed by atoms with Crippen LogP contribution in [0.5, 0.6) is 5.75 Å².